The molecule has 1 saturated heterocycles. The minimum absolute atomic E-state index is 0.0271. The highest BCUT2D eigenvalue weighted by molar-refractivity contribution is 5.85. The Morgan fingerprint density at radius 3 is 2.65 bits per heavy atom. The molecule has 96 valence electrons. The summed E-state index contributed by atoms with van der Waals surface area (Å²) in [6, 6.07) is 2.18. The van der Waals surface area contributed by atoms with Crippen LogP contribution in [-0.2, 0) is 4.79 Å². The van der Waals surface area contributed by atoms with Crippen molar-refractivity contribution in [1.82, 2.24) is 4.90 Å². The lowest BCUT2D eigenvalue weighted by Crippen LogP contribution is -2.42. The summed E-state index contributed by atoms with van der Waals surface area (Å²) < 4.78 is 0. The molecule has 0 spiro atoms. The molecule has 0 aromatic heterocycles. The molecule has 1 aliphatic heterocycles. The monoisotopic (exact) mass is 236 g/mol. The van der Waals surface area contributed by atoms with Gasteiger partial charge in [-0.2, -0.15) is 5.26 Å². The van der Waals surface area contributed by atoms with Gasteiger partial charge in [-0.15, -0.1) is 0 Å². The average Bonchev–Trinajstić information content (AvgIpc) is 2.62. The average molecular weight is 236 g/mol. The quantitative estimate of drug-likeness (QED) is 0.756. The normalized spacial score (nSPS) is 24.6. The summed E-state index contributed by atoms with van der Waals surface area (Å²) >= 11 is 0. The van der Waals surface area contributed by atoms with Gasteiger partial charge in [0, 0.05) is 13.1 Å². The van der Waals surface area contributed by atoms with Crippen LogP contribution < -0.4 is 0 Å². The number of hydrogen-bond donors (Lipinski definition) is 0. The van der Waals surface area contributed by atoms with E-state index >= 15 is 0 Å². The molecule has 1 amide bonds. The summed E-state index contributed by atoms with van der Waals surface area (Å²) in [5.74, 6) is 0.780. The first kappa shape index (κ1) is 14.0. The Kier molecular flexibility index (Phi) is 4.99. The SMILES string of the molecule is CCC1CCCN(C(=O)C(C)(C#N)CC)CC1. The highest BCUT2D eigenvalue weighted by atomic mass is 16.2. The van der Waals surface area contributed by atoms with Gasteiger partial charge in [-0.1, -0.05) is 20.3 Å². The lowest BCUT2D eigenvalue weighted by Gasteiger charge is -2.28. The van der Waals surface area contributed by atoms with Gasteiger partial charge in [0.15, 0.2) is 0 Å². The smallest absolute Gasteiger partial charge is 0.242 e. The molecule has 3 nitrogen and oxygen atoms in total. The molecule has 0 radical (unpaired) electrons. The number of hydrogen-bond acceptors (Lipinski definition) is 2. The van der Waals surface area contributed by atoms with Crippen LogP contribution >= 0.6 is 0 Å². The molecular weight excluding hydrogens is 212 g/mol. The van der Waals surface area contributed by atoms with Crippen molar-refractivity contribution in [2.45, 2.75) is 52.9 Å². The molecule has 0 bridgehead atoms. The van der Waals surface area contributed by atoms with E-state index in [4.69, 9.17) is 5.26 Å². The van der Waals surface area contributed by atoms with Gasteiger partial charge in [0.05, 0.1) is 6.07 Å². The standard InChI is InChI=1S/C14H24N2O/c1-4-12-7-6-9-16(10-8-12)13(17)14(3,5-2)11-15/h12H,4-10H2,1-3H3. The van der Waals surface area contributed by atoms with Gasteiger partial charge in [-0.3, -0.25) is 4.79 Å². The van der Waals surface area contributed by atoms with Crippen molar-refractivity contribution in [2.24, 2.45) is 11.3 Å². The van der Waals surface area contributed by atoms with Crippen molar-refractivity contribution in [3.05, 3.63) is 0 Å². The number of likely N-dealkylation sites (tertiary alicyclic amines) is 1. The van der Waals surface area contributed by atoms with Crippen LogP contribution in [0.25, 0.3) is 0 Å². The Labute approximate surface area is 105 Å². The van der Waals surface area contributed by atoms with Crippen LogP contribution in [0.5, 0.6) is 0 Å². The second-order valence-electron chi connectivity index (χ2n) is 5.29. The van der Waals surface area contributed by atoms with Crippen molar-refractivity contribution in [3.63, 3.8) is 0 Å². The van der Waals surface area contributed by atoms with E-state index in [9.17, 15) is 4.79 Å². The molecule has 0 aromatic rings. The van der Waals surface area contributed by atoms with Gasteiger partial charge in [0.1, 0.15) is 5.41 Å². The highest BCUT2D eigenvalue weighted by Crippen LogP contribution is 2.26. The van der Waals surface area contributed by atoms with Gasteiger partial charge >= 0.3 is 0 Å². The number of amides is 1. The summed E-state index contributed by atoms with van der Waals surface area (Å²) in [6.45, 7) is 7.54. The fraction of sp³-hybridized carbons (Fsp3) is 0.857. The number of carbonyl (C=O) groups excluding carboxylic acids is 1. The van der Waals surface area contributed by atoms with E-state index in [1.165, 1.54) is 12.8 Å². The third-order valence-electron chi connectivity index (χ3n) is 4.14. The Morgan fingerprint density at radius 2 is 2.12 bits per heavy atom. The van der Waals surface area contributed by atoms with Gasteiger partial charge in [-0.05, 0) is 38.5 Å². The molecule has 1 heterocycles. The molecule has 1 aliphatic rings. The molecule has 0 aromatic carbocycles. The van der Waals surface area contributed by atoms with Crippen molar-refractivity contribution < 1.29 is 4.79 Å². The highest BCUT2D eigenvalue weighted by Gasteiger charge is 2.35. The first-order valence-electron chi connectivity index (χ1n) is 6.78. The third-order valence-corrected chi connectivity index (χ3v) is 4.14. The van der Waals surface area contributed by atoms with E-state index in [-0.39, 0.29) is 5.91 Å². The van der Waals surface area contributed by atoms with Crippen LogP contribution in [0.2, 0.25) is 0 Å². The van der Waals surface area contributed by atoms with E-state index in [0.29, 0.717) is 6.42 Å². The van der Waals surface area contributed by atoms with Crippen LogP contribution in [0.1, 0.15) is 52.9 Å². The van der Waals surface area contributed by atoms with Crippen LogP contribution in [0, 0.1) is 22.7 Å². The zero-order valence-corrected chi connectivity index (χ0v) is 11.3. The second kappa shape index (κ2) is 6.05. The summed E-state index contributed by atoms with van der Waals surface area (Å²) in [4.78, 5) is 14.2. The fourth-order valence-corrected chi connectivity index (χ4v) is 2.40. The van der Waals surface area contributed by atoms with Crippen LogP contribution in [0.15, 0.2) is 0 Å². The summed E-state index contributed by atoms with van der Waals surface area (Å²) in [6.07, 6.45) is 5.18. The number of rotatable bonds is 3. The van der Waals surface area contributed by atoms with Crippen molar-refractivity contribution >= 4 is 5.91 Å². The first-order valence-corrected chi connectivity index (χ1v) is 6.78. The molecule has 2 unspecified atom stereocenters. The molecule has 1 rings (SSSR count). The van der Waals surface area contributed by atoms with E-state index in [0.717, 1.165) is 31.8 Å². The van der Waals surface area contributed by atoms with Crippen molar-refractivity contribution in [3.8, 4) is 6.07 Å². The Hall–Kier alpha value is -1.04. The largest absolute Gasteiger partial charge is 0.341 e. The predicted molar refractivity (Wildman–Crippen MR) is 68.2 cm³/mol. The maximum Gasteiger partial charge on any atom is 0.242 e. The number of carbonyl (C=O) groups is 1. The van der Waals surface area contributed by atoms with E-state index in [2.05, 4.69) is 13.0 Å². The molecule has 0 aliphatic carbocycles. The van der Waals surface area contributed by atoms with Gasteiger partial charge in [0.2, 0.25) is 5.91 Å². The van der Waals surface area contributed by atoms with Gasteiger partial charge < -0.3 is 4.90 Å². The maximum absolute atomic E-state index is 12.3. The molecule has 0 N–H and O–H groups in total. The molecule has 3 heteroatoms. The summed E-state index contributed by atoms with van der Waals surface area (Å²) in [7, 11) is 0. The van der Waals surface area contributed by atoms with Crippen LogP contribution in [-0.4, -0.2) is 23.9 Å². The first-order chi connectivity index (χ1) is 8.07. The van der Waals surface area contributed by atoms with Crippen molar-refractivity contribution in [1.29, 1.82) is 5.26 Å². The molecular formula is C14H24N2O. The lowest BCUT2D eigenvalue weighted by molar-refractivity contribution is -0.138. The van der Waals surface area contributed by atoms with Crippen molar-refractivity contribution in [2.75, 3.05) is 13.1 Å². The zero-order chi connectivity index (χ0) is 12.9. The Balaban J connectivity index is 2.68. The molecule has 17 heavy (non-hydrogen) atoms. The Morgan fingerprint density at radius 1 is 1.41 bits per heavy atom. The molecule has 1 fully saturated rings. The molecule has 2 atom stereocenters. The Bertz CT molecular complexity index is 308. The number of nitrogens with zero attached hydrogens (tertiary/aromatic N) is 2. The summed E-state index contributed by atoms with van der Waals surface area (Å²) in [5, 5.41) is 9.16. The third kappa shape index (κ3) is 3.21. The number of nitriles is 1. The van der Waals surface area contributed by atoms with E-state index in [1.807, 2.05) is 11.8 Å². The zero-order valence-electron chi connectivity index (χ0n) is 11.3. The maximum atomic E-state index is 12.3. The van der Waals surface area contributed by atoms with E-state index in [1.54, 1.807) is 6.92 Å². The second-order valence-corrected chi connectivity index (χ2v) is 5.29. The topological polar surface area (TPSA) is 44.1 Å². The summed E-state index contributed by atoms with van der Waals surface area (Å²) in [5.41, 5.74) is -0.827. The van der Waals surface area contributed by atoms with Crippen LogP contribution in [0.3, 0.4) is 0 Å². The van der Waals surface area contributed by atoms with Gasteiger partial charge in [0.25, 0.3) is 0 Å². The fourth-order valence-electron chi connectivity index (χ4n) is 2.40. The van der Waals surface area contributed by atoms with Crippen LogP contribution in [0.4, 0.5) is 0 Å². The van der Waals surface area contributed by atoms with E-state index < -0.39 is 5.41 Å². The molecule has 0 saturated carbocycles. The minimum Gasteiger partial charge on any atom is -0.341 e. The predicted octanol–water partition coefficient (Wildman–Crippen LogP) is 2.96. The van der Waals surface area contributed by atoms with Gasteiger partial charge in [-0.25, -0.2) is 0 Å². The lowest BCUT2D eigenvalue weighted by atomic mass is 9.87. The minimum atomic E-state index is -0.827.